The van der Waals surface area contributed by atoms with Crippen molar-refractivity contribution in [3.8, 4) is 11.5 Å². The molecule has 1 aliphatic heterocycles. The lowest BCUT2D eigenvalue weighted by Crippen LogP contribution is -2.06. The summed E-state index contributed by atoms with van der Waals surface area (Å²) >= 11 is 5.79. The maximum absolute atomic E-state index is 12.1. The van der Waals surface area contributed by atoms with Crippen LogP contribution >= 0.6 is 11.6 Å². The van der Waals surface area contributed by atoms with Gasteiger partial charge >= 0.3 is 5.97 Å². The highest BCUT2D eigenvalue weighted by Gasteiger charge is 2.26. The number of hydrogen-bond donors (Lipinski definition) is 0. The molecule has 0 saturated carbocycles. The second-order valence-electron chi connectivity index (χ2n) is 5.37. The highest BCUT2D eigenvalue weighted by molar-refractivity contribution is 6.32. The van der Waals surface area contributed by atoms with Crippen LogP contribution in [0.2, 0.25) is 5.02 Å². The second kappa shape index (κ2) is 7.46. The smallest absolute Gasteiger partial charge is 0.363 e. The van der Waals surface area contributed by atoms with Crippen molar-refractivity contribution in [2.75, 3.05) is 14.2 Å². The van der Waals surface area contributed by atoms with Crippen LogP contribution in [0, 0.1) is 10.1 Å². The van der Waals surface area contributed by atoms with E-state index in [4.69, 9.17) is 25.8 Å². The predicted molar refractivity (Wildman–Crippen MR) is 98.3 cm³/mol. The summed E-state index contributed by atoms with van der Waals surface area (Å²) in [5.74, 6) is 0.339. The molecule has 0 atom stereocenters. The predicted octanol–water partition coefficient (Wildman–Crippen LogP) is 3.61. The third kappa shape index (κ3) is 3.75. The minimum absolute atomic E-state index is 0.0187. The van der Waals surface area contributed by atoms with E-state index in [-0.39, 0.29) is 27.9 Å². The number of aliphatic imine (C=N–C) groups is 1. The van der Waals surface area contributed by atoms with E-state index >= 15 is 0 Å². The fourth-order valence-corrected chi connectivity index (χ4v) is 2.61. The van der Waals surface area contributed by atoms with E-state index in [1.54, 1.807) is 18.2 Å². The number of rotatable bonds is 5. The summed E-state index contributed by atoms with van der Waals surface area (Å²) in [5, 5.41) is 11.0. The molecule has 0 N–H and O–H groups in total. The zero-order valence-electron chi connectivity index (χ0n) is 14.3. The van der Waals surface area contributed by atoms with Crippen LogP contribution in [-0.4, -0.2) is 31.0 Å². The molecule has 0 spiro atoms. The van der Waals surface area contributed by atoms with Crippen molar-refractivity contribution in [2.24, 2.45) is 4.99 Å². The van der Waals surface area contributed by atoms with Gasteiger partial charge in [-0.05, 0) is 35.9 Å². The minimum Gasteiger partial charge on any atom is -0.493 e. The monoisotopic (exact) mass is 388 g/mol. The van der Waals surface area contributed by atoms with Crippen molar-refractivity contribution in [2.45, 2.75) is 0 Å². The molecular formula is C18H13ClN2O6. The molecule has 0 unspecified atom stereocenters. The van der Waals surface area contributed by atoms with Crippen molar-refractivity contribution in [1.82, 2.24) is 0 Å². The van der Waals surface area contributed by atoms with E-state index in [2.05, 4.69) is 4.99 Å². The number of cyclic esters (lactones) is 1. The maximum Gasteiger partial charge on any atom is 0.363 e. The van der Waals surface area contributed by atoms with Crippen LogP contribution in [0.4, 0.5) is 5.69 Å². The van der Waals surface area contributed by atoms with Crippen molar-refractivity contribution in [3.05, 3.63) is 68.4 Å². The van der Waals surface area contributed by atoms with Crippen molar-refractivity contribution in [3.63, 3.8) is 0 Å². The first-order chi connectivity index (χ1) is 12.9. The van der Waals surface area contributed by atoms with Gasteiger partial charge in [-0.1, -0.05) is 17.7 Å². The zero-order valence-corrected chi connectivity index (χ0v) is 15.0. The van der Waals surface area contributed by atoms with E-state index < -0.39 is 10.9 Å². The van der Waals surface area contributed by atoms with Crippen LogP contribution < -0.4 is 9.47 Å². The van der Waals surface area contributed by atoms with Crippen molar-refractivity contribution < 1.29 is 23.9 Å². The maximum atomic E-state index is 12.1. The number of nitrogens with zero attached hydrogens (tertiary/aromatic N) is 2. The minimum atomic E-state index is -0.669. The standard InChI is InChI=1S/C18H13ClN2O6/c1-25-15-6-3-10(8-16(15)26-2)7-13-18(22)27-17(20-13)11-4-5-12(19)14(9-11)21(23)24/h3-9H,1-2H3/b13-7+. The number of nitro benzene ring substituents is 1. The number of hydrogen-bond acceptors (Lipinski definition) is 7. The summed E-state index contributed by atoms with van der Waals surface area (Å²) < 4.78 is 15.5. The highest BCUT2D eigenvalue weighted by Crippen LogP contribution is 2.30. The van der Waals surface area contributed by atoms with Crippen LogP contribution in [0.25, 0.3) is 6.08 Å². The molecule has 8 nitrogen and oxygen atoms in total. The molecular weight excluding hydrogens is 376 g/mol. The average molecular weight is 389 g/mol. The van der Waals surface area contributed by atoms with Crippen LogP contribution in [0.5, 0.6) is 11.5 Å². The van der Waals surface area contributed by atoms with Crippen LogP contribution in [0.1, 0.15) is 11.1 Å². The highest BCUT2D eigenvalue weighted by atomic mass is 35.5. The molecule has 0 bridgehead atoms. The fourth-order valence-electron chi connectivity index (χ4n) is 2.42. The summed E-state index contributed by atoms with van der Waals surface area (Å²) in [6.45, 7) is 0. The lowest BCUT2D eigenvalue weighted by Gasteiger charge is -2.07. The Morgan fingerprint density at radius 3 is 2.56 bits per heavy atom. The molecule has 9 heteroatoms. The zero-order chi connectivity index (χ0) is 19.6. The van der Waals surface area contributed by atoms with Gasteiger partial charge in [-0.3, -0.25) is 10.1 Å². The Balaban J connectivity index is 1.96. The van der Waals surface area contributed by atoms with Crippen LogP contribution in [0.15, 0.2) is 47.1 Å². The Labute approximate surface area is 158 Å². The Hall–Kier alpha value is -3.39. The number of esters is 1. The van der Waals surface area contributed by atoms with E-state index in [0.717, 1.165) is 0 Å². The van der Waals surface area contributed by atoms with Gasteiger partial charge in [-0.25, -0.2) is 9.79 Å². The molecule has 0 aliphatic carbocycles. The number of ether oxygens (including phenoxy) is 3. The third-order valence-corrected chi connectivity index (χ3v) is 4.04. The normalized spacial score (nSPS) is 14.7. The Morgan fingerprint density at radius 2 is 1.89 bits per heavy atom. The third-order valence-electron chi connectivity index (χ3n) is 3.72. The van der Waals surface area contributed by atoms with Crippen LogP contribution in [0.3, 0.4) is 0 Å². The van der Waals surface area contributed by atoms with Crippen molar-refractivity contribution in [1.29, 1.82) is 0 Å². The van der Waals surface area contributed by atoms with E-state index in [1.807, 2.05) is 0 Å². The van der Waals surface area contributed by atoms with Gasteiger partial charge in [0, 0.05) is 11.6 Å². The molecule has 2 aromatic carbocycles. The van der Waals surface area contributed by atoms with Gasteiger partial charge in [0.25, 0.3) is 5.69 Å². The molecule has 2 aromatic rings. The summed E-state index contributed by atoms with van der Waals surface area (Å²) in [6, 6.07) is 9.14. The summed E-state index contributed by atoms with van der Waals surface area (Å²) in [6.07, 6.45) is 1.52. The van der Waals surface area contributed by atoms with Crippen molar-refractivity contribution >= 4 is 35.2 Å². The van der Waals surface area contributed by atoms with Gasteiger partial charge in [0.1, 0.15) is 5.02 Å². The molecule has 1 aliphatic rings. The van der Waals surface area contributed by atoms with E-state index in [1.165, 1.54) is 38.5 Å². The SMILES string of the molecule is COc1ccc(/C=C2/N=C(c3ccc(Cl)c([N+](=O)[O-])c3)OC2=O)cc1OC. The second-order valence-corrected chi connectivity index (χ2v) is 5.78. The first kappa shape index (κ1) is 18.4. The largest absolute Gasteiger partial charge is 0.493 e. The van der Waals surface area contributed by atoms with Gasteiger partial charge in [-0.2, -0.15) is 0 Å². The van der Waals surface area contributed by atoms with Crippen LogP contribution in [-0.2, 0) is 9.53 Å². The Bertz CT molecular complexity index is 999. The number of benzene rings is 2. The van der Waals surface area contributed by atoms with Gasteiger partial charge in [-0.15, -0.1) is 0 Å². The number of methoxy groups -OCH3 is 2. The number of nitro groups is 1. The van der Waals surface area contributed by atoms with E-state index in [9.17, 15) is 14.9 Å². The first-order valence-electron chi connectivity index (χ1n) is 7.62. The molecule has 0 radical (unpaired) electrons. The van der Waals surface area contributed by atoms with Gasteiger partial charge in [0.2, 0.25) is 5.90 Å². The van der Waals surface area contributed by atoms with Gasteiger partial charge in [0.15, 0.2) is 17.2 Å². The molecule has 0 aromatic heterocycles. The molecule has 0 amide bonds. The molecule has 0 fully saturated rings. The Morgan fingerprint density at radius 1 is 1.15 bits per heavy atom. The lowest BCUT2D eigenvalue weighted by molar-refractivity contribution is -0.384. The molecule has 138 valence electrons. The first-order valence-corrected chi connectivity index (χ1v) is 7.99. The topological polar surface area (TPSA) is 100 Å². The summed E-state index contributed by atoms with van der Waals surface area (Å²) in [5.41, 5.74) is 0.668. The van der Waals surface area contributed by atoms with Gasteiger partial charge in [0.05, 0.1) is 19.1 Å². The molecule has 0 saturated heterocycles. The fraction of sp³-hybridized carbons (Fsp3) is 0.111. The van der Waals surface area contributed by atoms with E-state index in [0.29, 0.717) is 17.1 Å². The number of halogens is 1. The summed E-state index contributed by atoms with van der Waals surface area (Å²) in [7, 11) is 3.02. The quantitative estimate of drug-likeness (QED) is 0.335. The molecule has 27 heavy (non-hydrogen) atoms. The molecule has 3 rings (SSSR count). The Kier molecular flexibility index (Phi) is 5.09. The summed E-state index contributed by atoms with van der Waals surface area (Å²) in [4.78, 5) is 26.6. The number of carbonyl (C=O) groups is 1. The van der Waals surface area contributed by atoms with Gasteiger partial charge < -0.3 is 14.2 Å². The number of carbonyl (C=O) groups excluding carboxylic acids is 1. The lowest BCUT2D eigenvalue weighted by atomic mass is 10.1. The average Bonchev–Trinajstić information content (AvgIpc) is 3.02. The molecule has 1 heterocycles.